The molecule has 1 aromatic heterocycles. The van der Waals surface area contributed by atoms with Gasteiger partial charge in [-0.2, -0.15) is 0 Å². The van der Waals surface area contributed by atoms with Crippen LogP contribution >= 0.6 is 0 Å². The lowest BCUT2D eigenvalue weighted by Crippen LogP contribution is -2.37. The van der Waals surface area contributed by atoms with E-state index in [1.807, 2.05) is 18.3 Å². The number of hydrogen-bond donors (Lipinski definition) is 1. The molecule has 1 aromatic rings. The van der Waals surface area contributed by atoms with Crippen molar-refractivity contribution in [3.05, 3.63) is 30.1 Å². The summed E-state index contributed by atoms with van der Waals surface area (Å²) in [4.78, 5) is 18.6. The third-order valence-corrected chi connectivity index (χ3v) is 4.33. The summed E-state index contributed by atoms with van der Waals surface area (Å²) < 4.78 is 0. The van der Waals surface area contributed by atoms with E-state index in [4.69, 9.17) is 0 Å². The fourth-order valence-electron chi connectivity index (χ4n) is 3.19. The molecule has 21 heavy (non-hydrogen) atoms. The van der Waals surface area contributed by atoms with E-state index >= 15 is 0 Å². The lowest BCUT2D eigenvalue weighted by Gasteiger charge is -2.24. The van der Waals surface area contributed by atoms with E-state index in [9.17, 15) is 4.79 Å². The van der Waals surface area contributed by atoms with Crippen LogP contribution in [0.15, 0.2) is 24.4 Å². The monoisotopic (exact) mass is 287 g/mol. The van der Waals surface area contributed by atoms with Crippen molar-refractivity contribution < 1.29 is 4.79 Å². The second-order valence-electron chi connectivity index (χ2n) is 6.78. The van der Waals surface area contributed by atoms with Crippen LogP contribution in [-0.4, -0.2) is 34.4 Å². The maximum absolute atomic E-state index is 12.1. The van der Waals surface area contributed by atoms with Crippen LogP contribution in [0.25, 0.3) is 0 Å². The van der Waals surface area contributed by atoms with E-state index in [0.29, 0.717) is 24.3 Å². The number of likely N-dealkylation sites (tertiary alicyclic amines) is 1. The van der Waals surface area contributed by atoms with Crippen LogP contribution in [0.4, 0.5) is 0 Å². The molecular weight excluding hydrogens is 262 g/mol. The fraction of sp³-hybridized carbons (Fsp3) is 0.647. The summed E-state index contributed by atoms with van der Waals surface area (Å²) in [5.41, 5.74) is 1.09. The van der Waals surface area contributed by atoms with Crippen LogP contribution in [0, 0.1) is 5.92 Å². The zero-order valence-electron chi connectivity index (χ0n) is 13.0. The first-order valence-electron chi connectivity index (χ1n) is 8.10. The molecule has 0 aromatic carbocycles. The number of amides is 1. The zero-order chi connectivity index (χ0) is 14.8. The predicted molar refractivity (Wildman–Crippen MR) is 82.7 cm³/mol. The first-order valence-corrected chi connectivity index (χ1v) is 8.10. The Morgan fingerprint density at radius 1 is 1.38 bits per heavy atom. The van der Waals surface area contributed by atoms with Crippen molar-refractivity contribution >= 4 is 5.91 Å². The molecule has 2 heterocycles. The molecule has 2 atom stereocenters. The third kappa shape index (κ3) is 3.62. The van der Waals surface area contributed by atoms with Crippen molar-refractivity contribution in [2.75, 3.05) is 6.54 Å². The van der Waals surface area contributed by atoms with Gasteiger partial charge in [0.05, 0.1) is 5.69 Å². The first-order chi connectivity index (χ1) is 10.1. The Hall–Kier alpha value is -1.42. The molecular formula is C17H25N3O. The second-order valence-corrected chi connectivity index (χ2v) is 6.78. The Bertz CT molecular complexity index is 484. The number of rotatable bonds is 6. The average Bonchev–Trinajstić information content (AvgIpc) is 3.23. The van der Waals surface area contributed by atoms with Crippen LogP contribution in [0.1, 0.15) is 51.3 Å². The quantitative estimate of drug-likeness (QED) is 0.874. The van der Waals surface area contributed by atoms with E-state index in [0.717, 1.165) is 18.7 Å². The van der Waals surface area contributed by atoms with Gasteiger partial charge in [0.25, 0.3) is 0 Å². The number of pyridine rings is 1. The molecule has 0 bridgehead atoms. The molecule has 4 nitrogen and oxygen atoms in total. The van der Waals surface area contributed by atoms with Crippen molar-refractivity contribution in [2.45, 2.75) is 57.7 Å². The molecule has 1 amide bonds. The average molecular weight is 287 g/mol. The van der Waals surface area contributed by atoms with Crippen LogP contribution in [0.3, 0.4) is 0 Å². The third-order valence-electron chi connectivity index (χ3n) is 4.33. The number of hydrogen-bond acceptors (Lipinski definition) is 3. The van der Waals surface area contributed by atoms with E-state index in [2.05, 4.69) is 35.1 Å². The van der Waals surface area contributed by atoms with Gasteiger partial charge in [-0.05, 0) is 37.3 Å². The minimum Gasteiger partial charge on any atom is -0.338 e. The maximum atomic E-state index is 12.1. The summed E-state index contributed by atoms with van der Waals surface area (Å²) in [5, 5.41) is 3.68. The Morgan fingerprint density at radius 3 is 2.81 bits per heavy atom. The van der Waals surface area contributed by atoms with E-state index in [1.165, 1.54) is 12.8 Å². The molecule has 114 valence electrons. The van der Waals surface area contributed by atoms with Crippen molar-refractivity contribution in [2.24, 2.45) is 5.92 Å². The first kappa shape index (κ1) is 14.5. The predicted octanol–water partition coefficient (Wildman–Crippen LogP) is 2.52. The molecule has 3 rings (SSSR count). The van der Waals surface area contributed by atoms with E-state index in [-0.39, 0.29) is 12.1 Å². The maximum Gasteiger partial charge on any atom is 0.224 e. The number of nitrogens with zero attached hydrogens (tertiary/aromatic N) is 2. The van der Waals surface area contributed by atoms with Crippen molar-refractivity contribution in [1.82, 2.24) is 15.2 Å². The van der Waals surface area contributed by atoms with Crippen LogP contribution in [-0.2, 0) is 4.79 Å². The summed E-state index contributed by atoms with van der Waals surface area (Å²) in [6.45, 7) is 5.33. The Morgan fingerprint density at radius 2 is 2.19 bits per heavy atom. The summed E-state index contributed by atoms with van der Waals surface area (Å²) in [7, 11) is 0. The smallest absolute Gasteiger partial charge is 0.224 e. The molecule has 0 radical (unpaired) electrons. The molecule has 1 saturated carbocycles. The number of carbonyl (C=O) groups is 1. The van der Waals surface area contributed by atoms with Gasteiger partial charge < -0.3 is 10.2 Å². The molecule has 1 N–H and O–H groups in total. The fourth-order valence-corrected chi connectivity index (χ4v) is 3.19. The van der Waals surface area contributed by atoms with Crippen LogP contribution < -0.4 is 5.32 Å². The van der Waals surface area contributed by atoms with Gasteiger partial charge in [0.15, 0.2) is 0 Å². The molecule has 1 aliphatic heterocycles. The van der Waals surface area contributed by atoms with Crippen LogP contribution in [0.5, 0.6) is 0 Å². The van der Waals surface area contributed by atoms with Gasteiger partial charge >= 0.3 is 0 Å². The Labute approximate surface area is 126 Å². The largest absolute Gasteiger partial charge is 0.338 e. The van der Waals surface area contributed by atoms with Gasteiger partial charge in [-0.15, -0.1) is 0 Å². The lowest BCUT2D eigenvalue weighted by atomic mass is 9.99. The highest BCUT2D eigenvalue weighted by atomic mass is 16.2. The lowest BCUT2D eigenvalue weighted by molar-refractivity contribution is -0.128. The highest BCUT2D eigenvalue weighted by Gasteiger charge is 2.39. The minimum absolute atomic E-state index is 0.239. The molecule has 1 saturated heterocycles. The van der Waals surface area contributed by atoms with Crippen molar-refractivity contribution in [1.29, 1.82) is 0 Å². The zero-order valence-corrected chi connectivity index (χ0v) is 13.0. The normalized spacial score (nSPS) is 23.9. The molecule has 2 aliphatic rings. The number of nitrogens with one attached hydrogen (secondary N) is 1. The Balaban J connectivity index is 1.66. The number of carbonyl (C=O) groups excluding carboxylic acids is 1. The van der Waals surface area contributed by atoms with Crippen LogP contribution in [0.2, 0.25) is 0 Å². The van der Waals surface area contributed by atoms with E-state index in [1.54, 1.807) is 0 Å². The topological polar surface area (TPSA) is 45.2 Å². The number of aromatic nitrogens is 1. The Kier molecular flexibility index (Phi) is 4.24. The summed E-state index contributed by atoms with van der Waals surface area (Å²) in [6.07, 6.45) is 5.91. The molecule has 4 heteroatoms. The van der Waals surface area contributed by atoms with Crippen molar-refractivity contribution in [3.8, 4) is 0 Å². The standard InChI is InChI=1S/C17H25N3O/c1-12(2)9-16(15-5-3-4-8-18-15)19-13-10-17(21)20(11-13)14-6-7-14/h3-5,8,12-14,16,19H,6-7,9-11H2,1-2H3. The minimum atomic E-state index is 0.239. The van der Waals surface area contributed by atoms with E-state index < -0.39 is 0 Å². The second kappa shape index (κ2) is 6.14. The molecule has 1 aliphatic carbocycles. The van der Waals surface area contributed by atoms with Gasteiger partial charge in [0.2, 0.25) is 5.91 Å². The molecule has 2 fully saturated rings. The van der Waals surface area contributed by atoms with Gasteiger partial charge in [-0.25, -0.2) is 0 Å². The SMILES string of the molecule is CC(C)CC(NC1CC(=O)N(C2CC2)C1)c1ccccn1. The van der Waals surface area contributed by atoms with Gasteiger partial charge in [-0.3, -0.25) is 9.78 Å². The summed E-state index contributed by atoms with van der Waals surface area (Å²) >= 11 is 0. The van der Waals surface area contributed by atoms with Gasteiger partial charge in [0.1, 0.15) is 0 Å². The summed E-state index contributed by atoms with van der Waals surface area (Å²) in [5.74, 6) is 0.917. The highest BCUT2D eigenvalue weighted by molar-refractivity contribution is 5.80. The van der Waals surface area contributed by atoms with Crippen molar-refractivity contribution in [3.63, 3.8) is 0 Å². The molecule has 0 spiro atoms. The highest BCUT2D eigenvalue weighted by Crippen LogP contribution is 2.31. The molecule has 2 unspecified atom stereocenters. The van der Waals surface area contributed by atoms with Gasteiger partial charge in [0, 0.05) is 37.3 Å². The summed E-state index contributed by atoms with van der Waals surface area (Å²) in [6, 6.07) is 7.10. The van der Waals surface area contributed by atoms with Gasteiger partial charge in [-0.1, -0.05) is 19.9 Å².